The Bertz CT molecular complexity index is 273. The van der Waals surface area contributed by atoms with Gasteiger partial charge in [0.05, 0.1) is 6.20 Å². The molecule has 4 N–H and O–H groups in total. The number of nitrogens with one attached hydrogen (secondary N) is 2. The third-order valence-corrected chi connectivity index (χ3v) is 1.10. The molecular formula is C6H7FN4O. The van der Waals surface area contributed by atoms with E-state index in [-0.39, 0.29) is 5.82 Å². The minimum atomic E-state index is -0.603. The van der Waals surface area contributed by atoms with Gasteiger partial charge in [-0.3, -0.25) is 10.7 Å². The number of amides is 2. The number of halogens is 1. The van der Waals surface area contributed by atoms with E-state index in [1.807, 2.05) is 5.43 Å². The summed E-state index contributed by atoms with van der Waals surface area (Å²) in [7, 11) is 0. The number of hydrazine groups is 1. The van der Waals surface area contributed by atoms with Crippen LogP contribution in [0.5, 0.6) is 0 Å². The number of rotatable bonds is 1. The Hall–Kier alpha value is -1.69. The number of hydrogen-bond donors (Lipinski definition) is 3. The normalized spacial score (nSPS) is 9.17. The average Bonchev–Trinajstić information content (AvgIpc) is 2.09. The summed E-state index contributed by atoms with van der Waals surface area (Å²) in [5, 5.41) is 2.27. The first-order valence-electron chi connectivity index (χ1n) is 3.11. The maximum atomic E-state index is 12.3. The smallest absolute Gasteiger partial charge is 0.291 e. The molecule has 0 aliphatic rings. The van der Waals surface area contributed by atoms with Crippen LogP contribution in [0.1, 0.15) is 0 Å². The van der Waals surface area contributed by atoms with Crippen LogP contribution in [0.15, 0.2) is 18.3 Å². The Labute approximate surface area is 67.8 Å². The number of aromatic nitrogens is 1. The summed E-state index contributed by atoms with van der Waals surface area (Å²) < 4.78 is 12.3. The zero-order valence-electron chi connectivity index (χ0n) is 6.04. The van der Waals surface area contributed by atoms with Crippen LogP contribution in [-0.4, -0.2) is 11.0 Å². The monoisotopic (exact) mass is 170 g/mol. The molecule has 1 rings (SSSR count). The Morgan fingerprint density at radius 1 is 1.58 bits per heavy atom. The first kappa shape index (κ1) is 8.41. The zero-order valence-corrected chi connectivity index (χ0v) is 6.04. The maximum Gasteiger partial charge on any atom is 0.334 e. The lowest BCUT2D eigenvalue weighted by atomic mass is 10.4. The van der Waals surface area contributed by atoms with E-state index in [0.717, 1.165) is 6.20 Å². The number of carbonyl (C=O) groups excluding carboxylic acids is 1. The quantitative estimate of drug-likeness (QED) is 0.320. The highest BCUT2D eigenvalue weighted by Crippen LogP contribution is 2.02. The van der Waals surface area contributed by atoms with Crippen molar-refractivity contribution in [3.63, 3.8) is 0 Å². The van der Waals surface area contributed by atoms with Gasteiger partial charge < -0.3 is 0 Å². The summed E-state index contributed by atoms with van der Waals surface area (Å²) in [6.07, 6.45) is 0.992. The van der Waals surface area contributed by atoms with E-state index in [4.69, 9.17) is 5.84 Å². The van der Waals surface area contributed by atoms with Gasteiger partial charge in [0.1, 0.15) is 11.6 Å². The van der Waals surface area contributed by atoms with E-state index in [0.29, 0.717) is 0 Å². The van der Waals surface area contributed by atoms with Gasteiger partial charge in [0, 0.05) is 0 Å². The second kappa shape index (κ2) is 3.63. The lowest BCUT2D eigenvalue weighted by Crippen LogP contribution is -2.34. The van der Waals surface area contributed by atoms with Crippen LogP contribution in [0.4, 0.5) is 15.0 Å². The summed E-state index contributed by atoms with van der Waals surface area (Å²) >= 11 is 0. The number of nitrogens with zero attached hydrogens (tertiary/aromatic N) is 1. The van der Waals surface area contributed by atoms with E-state index in [9.17, 15) is 9.18 Å². The van der Waals surface area contributed by atoms with E-state index in [2.05, 4.69) is 10.3 Å². The molecule has 1 aromatic rings. The van der Waals surface area contributed by atoms with Crippen LogP contribution in [-0.2, 0) is 0 Å². The van der Waals surface area contributed by atoms with E-state index >= 15 is 0 Å². The molecule has 0 aliphatic carbocycles. The zero-order chi connectivity index (χ0) is 8.97. The fraction of sp³-hybridized carbons (Fsp3) is 0. The van der Waals surface area contributed by atoms with E-state index < -0.39 is 11.8 Å². The summed E-state index contributed by atoms with van der Waals surface area (Å²) in [6.45, 7) is 0. The molecule has 0 spiro atoms. The molecule has 0 saturated carbocycles. The van der Waals surface area contributed by atoms with Crippen molar-refractivity contribution in [1.29, 1.82) is 0 Å². The second-order valence-corrected chi connectivity index (χ2v) is 1.96. The molecule has 64 valence electrons. The number of pyridine rings is 1. The predicted octanol–water partition coefficient (Wildman–Crippen LogP) is 0.216. The Morgan fingerprint density at radius 3 is 2.83 bits per heavy atom. The third-order valence-electron chi connectivity index (χ3n) is 1.10. The molecule has 6 heteroatoms. The number of nitrogens with two attached hydrogens (primary N) is 1. The molecule has 12 heavy (non-hydrogen) atoms. The molecular weight excluding hydrogens is 163 g/mol. The molecule has 5 nitrogen and oxygen atoms in total. The molecule has 1 aromatic heterocycles. The molecule has 2 amide bonds. The van der Waals surface area contributed by atoms with Crippen molar-refractivity contribution in [2.45, 2.75) is 0 Å². The SMILES string of the molecule is NNC(=O)Nc1ccc(F)cn1. The first-order chi connectivity index (χ1) is 5.72. The lowest BCUT2D eigenvalue weighted by Gasteiger charge is -2.01. The van der Waals surface area contributed by atoms with Crippen molar-refractivity contribution in [3.8, 4) is 0 Å². The molecule has 0 aromatic carbocycles. The second-order valence-electron chi connectivity index (χ2n) is 1.96. The van der Waals surface area contributed by atoms with Gasteiger partial charge in [-0.2, -0.15) is 0 Å². The molecule has 0 saturated heterocycles. The molecule has 0 aliphatic heterocycles. The van der Waals surface area contributed by atoms with Gasteiger partial charge in [0.25, 0.3) is 0 Å². The molecule has 1 heterocycles. The molecule has 0 atom stereocenters. The predicted molar refractivity (Wildman–Crippen MR) is 40.5 cm³/mol. The van der Waals surface area contributed by atoms with Gasteiger partial charge in [-0.25, -0.2) is 20.0 Å². The van der Waals surface area contributed by atoms with Crippen molar-refractivity contribution < 1.29 is 9.18 Å². The van der Waals surface area contributed by atoms with Crippen LogP contribution in [0, 0.1) is 5.82 Å². The summed E-state index contributed by atoms with van der Waals surface area (Å²) in [5.74, 6) is 4.56. The molecule has 0 bridgehead atoms. The highest BCUT2D eigenvalue weighted by molar-refractivity contribution is 5.87. The van der Waals surface area contributed by atoms with Crippen molar-refractivity contribution in [2.75, 3.05) is 5.32 Å². The Balaban J connectivity index is 2.64. The maximum absolute atomic E-state index is 12.3. The van der Waals surface area contributed by atoms with Gasteiger partial charge in [-0.15, -0.1) is 0 Å². The summed E-state index contributed by atoms with van der Waals surface area (Å²) in [6, 6.07) is 1.90. The highest BCUT2D eigenvalue weighted by Gasteiger charge is 1.98. The van der Waals surface area contributed by atoms with Crippen molar-refractivity contribution in [3.05, 3.63) is 24.1 Å². The minimum absolute atomic E-state index is 0.236. The molecule has 0 radical (unpaired) electrons. The van der Waals surface area contributed by atoms with Gasteiger partial charge >= 0.3 is 6.03 Å². The number of carbonyl (C=O) groups is 1. The lowest BCUT2D eigenvalue weighted by molar-refractivity contribution is 0.252. The van der Waals surface area contributed by atoms with Crippen LogP contribution in [0.3, 0.4) is 0 Å². The average molecular weight is 170 g/mol. The minimum Gasteiger partial charge on any atom is -0.291 e. The van der Waals surface area contributed by atoms with Crippen LogP contribution < -0.4 is 16.6 Å². The van der Waals surface area contributed by atoms with Crippen LogP contribution >= 0.6 is 0 Å². The number of urea groups is 1. The molecule has 0 fully saturated rings. The van der Waals surface area contributed by atoms with Crippen molar-refractivity contribution in [2.24, 2.45) is 5.84 Å². The Morgan fingerprint density at radius 2 is 2.33 bits per heavy atom. The van der Waals surface area contributed by atoms with Crippen molar-refractivity contribution >= 4 is 11.8 Å². The first-order valence-corrected chi connectivity index (χ1v) is 3.11. The summed E-state index contributed by atoms with van der Waals surface area (Å²) in [4.78, 5) is 14.1. The molecule has 0 unspecified atom stereocenters. The highest BCUT2D eigenvalue weighted by atomic mass is 19.1. The topological polar surface area (TPSA) is 80.0 Å². The van der Waals surface area contributed by atoms with Crippen LogP contribution in [0.2, 0.25) is 0 Å². The largest absolute Gasteiger partial charge is 0.334 e. The van der Waals surface area contributed by atoms with Gasteiger partial charge in [-0.1, -0.05) is 0 Å². The standard InChI is InChI=1S/C6H7FN4O/c7-4-1-2-5(9-3-4)10-6(12)11-8/h1-3H,8H2,(H2,9,10,11,12). The van der Waals surface area contributed by atoms with Gasteiger partial charge in [0.2, 0.25) is 0 Å². The van der Waals surface area contributed by atoms with E-state index in [1.54, 1.807) is 0 Å². The van der Waals surface area contributed by atoms with Crippen LogP contribution in [0.25, 0.3) is 0 Å². The fourth-order valence-corrected chi connectivity index (χ4v) is 0.602. The van der Waals surface area contributed by atoms with E-state index in [1.165, 1.54) is 12.1 Å². The fourth-order valence-electron chi connectivity index (χ4n) is 0.602. The number of anilines is 1. The summed E-state index contributed by atoms with van der Waals surface area (Å²) in [5.41, 5.74) is 1.84. The number of hydrogen-bond acceptors (Lipinski definition) is 3. The van der Waals surface area contributed by atoms with Gasteiger partial charge in [0.15, 0.2) is 0 Å². The van der Waals surface area contributed by atoms with Crippen molar-refractivity contribution in [1.82, 2.24) is 10.4 Å². The Kier molecular flexibility index (Phi) is 2.54. The van der Waals surface area contributed by atoms with Gasteiger partial charge in [-0.05, 0) is 12.1 Å². The third kappa shape index (κ3) is 2.17.